The number of nitrogens with two attached hydrogens (primary N) is 1. The molecule has 0 saturated carbocycles. The maximum Gasteiger partial charge on any atom is 0.107 e. The van der Waals surface area contributed by atoms with Crippen molar-refractivity contribution in [2.24, 2.45) is 5.73 Å². The lowest BCUT2D eigenvalue weighted by atomic mass is 10.1. The Hall–Kier alpha value is -1.46. The van der Waals surface area contributed by atoms with Gasteiger partial charge in [0.1, 0.15) is 4.99 Å². The van der Waals surface area contributed by atoms with E-state index in [4.69, 9.17) is 18.0 Å². The molecule has 21 heavy (non-hydrogen) atoms. The number of nitrogens with one attached hydrogen (secondary N) is 1. The fourth-order valence-corrected chi connectivity index (χ4v) is 3.43. The Labute approximate surface area is 139 Å². The number of benzene rings is 1. The predicted octanol–water partition coefficient (Wildman–Crippen LogP) is 4.46. The SMILES string of the molecule is Cc1cc(Nc2c(C)cc(Br)cc2C)c(C(N)=S)c(C)n1. The van der Waals surface area contributed by atoms with E-state index in [2.05, 4.69) is 52.2 Å². The average Bonchev–Trinajstić information content (AvgIpc) is 2.32. The van der Waals surface area contributed by atoms with Crippen LogP contribution in [0.5, 0.6) is 0 Å². The highest BCUT2D eigenvalue weighted by Gasteiger charge is 2.13. The van der Waals surface area contributed by atoms with Crippen molar-refractivity contribution in [1.29, 1.82) is 0 Å². The lowest BCUT2D eigenvalue weighted by Crippen LogP contribution is -2.15. The summed E-state index contributed by atoms with van der Waals surface area (Å²) in [5, 5.41) is 3.47. The summed E-state index contributed by atoms with van der Waals surface area (Å²) < 4.78 is 1.07. The maximum atomic E-state index is 5.86. The van der Waals surface area contributed by atoms with Crippen molar-refractivity contribution in [1.82, 2.24) is 4.98 Å². The quantitative estimate of drug-likeness (QED) is 0.790. The number of aryl methyl sites for hydroxylation is 4. The Morgan fingerprint density at radius 2 is 1.71 bits per heavy atom. The Kier molecular flexibility index (Phi) is 4.64. The molecule has 0 fully saturated rings. The molecule has 1 heterocycles. The summed E-state index contributed by atoms with van der Waals surface area (Å²) >= 11 is 8.69. The van der Waals surface area contributed by atoms with E-state index in [1.54, 1.807) is 0 Å². The molecular weight excluding hydrogens is 346 g/mol. The second kappa shape index (κ2) is 6.12. The number of nitrogens with zero attached hydrogens (tertiary/aromatic N) is 1. The highest BCUT2D eigenvalue weighted by atomic mass is 79.9. The van der Waals surface area contributed by atoms with Crippen molar-refractivity contribution in [3.8, 4) is 0 Å². The summed E-state index contributed by atoms with van der Waals surface area (Å²) in [4.78, 5) is 4.80. The van der Waals surface area contributed by atoms with Gasteiger partial charge in [0.2, 0.25) is 0 Å². The van der Waals surface area contributed by atoms with Crippen LogP contribution in [0.4, 0.5) is 11.4 Å². The molecule has 0 saturated heterocycles. The summed E-state index contributed by atoms with van der Waals surface area (Å²) in [5.41, 5.74) is 12.7. The lowest BCUT2D eigenvalue weighted by molar-refractivity contribution is 1.11. The van der Waals surface area contributed by atoms with Crippen molar-refractivity contribution in [2.75, 3.05) is 5.32 Å². The van der Waals surface area contributed by atoms with E-state index >= 15 is 0 Å². The van der Waals surface area contributed by atoms with Crippen LogP contribution in [0, 0.1) is 27.7 Å². The van der Waals surface area contributed by atoms with Crippen LogP contribution in [0.1, 0.15) is 28.1 Å². The molecule has 1 aromatic heterocycles. The van der Waals surface area contributed by atoms with E-state index in [0.717, 1.165) is 43.9 Å². The summed E-state index contributed by atoms with van der Waals surface area (Å²) in [6.07, 6.45) is 0. The van der Waals surface area contributed by atoms with Crippen molar-refractivity contribution in [3.63, 3.8) is 0 Å². The van der Waals surface area contributed by atoms with Crippen molar-refractivity contribution in [2.45, 2.75) is 27.7 Å². The van der Waals surface area contributed by atoms with Crippen LogP contribution in [0.15, 0.2) is 22.7 Å². The molecule has 2 rings (SSSR count). The number of hydrogen-bond donors (Lipinski definition) is 2. The van der Waals surface area contributed by atoms with Crippen molar-refractivity contribution in [3.05, 3.63) is 50.8 Å². The lowest BCUT2D eigenvalue weighted by Gasteiger charge is -2.18. The zero-order valence-electron chi connectivity index (χ0n) is 12.5. The van der Waals surface area contributed by atoms with Crippen LogP contribution < -0.4 is 11.1 Å². The molecule has 1 aromatic carbocycles. The van der Waals surface area contributed by atoms with Crippen LogP contribution in [0.3, 0.4) is 0 Å². The number of pyridine rings is 1. The summed E-state index contributed by atoms with van der Waals surface area (Å²) in [7, 11) is 0. The predicted molar refractivity (Wildman–Crippen MR) is 96.5 cm³/mol. The second-order valence-corrected chi connectivity index (χ2v) is 6.53. The Morgan fingerprint density at radius 1 is 1.14 bits per heavy atom. The van der Waals surface area contributed by atoms with Gasteiger partial charge in [-0.1, -0.05) is 28.1 Å². The first kappa shape index (κ1) is 15.9. The van der Waals surface area contributed by atoms with Crippen LogP contribution >= 0.6 is 28.1 Å². The third kappa shape index (κ3) is 3.41. The normalized spacial score (nSPS) is 10.5. The number of hydrogen-bond acceptors (Lipinski definition) is 3. The van der Waals surface area contributed by atoms with Gasteiger partial charge in [-0.05, 0) is 57.0 Å². The highest BCUT2D eigenvalue weighted by molar-refractivity contribution is 9.10. The standard InChI is InChI=1S/C16H18BrN3S/c1-8-5-12(17)6-9(2)15(8)20-13-7-10(3)19-11(4)14(13)16(18)21/h5-7H,1-4H3,(H2,18,21)(H,19,20). The summed E-state index contributed by atoms with van der Waals surface area (Å²) in [6, 6.07) is 6.13. The minimum absolute atomic E-state index is 0.356. The first-order valence-corrected chi connectivity index (χ1v) is 7.81. The molecule has 0 unspecified atom stereocenters. The van der Waals surface area contributed by atoms with Gasteiger partial charge < -0.3 is 11.1 Å². The largest absolute Gasteiger partial charge is 0.389 e. The summed E-state index contributed by atoms with van der Waals surface area (Å²) in [6.45, 7) is 8.03. The van der Waals surface area contributed by atoms with Crippen molar-refractivity contribution < 1.29 is 0 Å². The van der Waals surface area contributed by atoms with Gasteiger partial charge in [0.15, 0.2) is 0 Å². The van der Waals surface area contributed by atoms with E-state index in [0.29, 0.717) is 4.99 Å². The molecule has 2 aromatic rings. The van der Waals surface area contributed by atoms with Crippen LogP contribution in [-0.2, 0) is 0 Å². The minimum Gasteiger partial charge on any atom is -0.389 e. The molecule has 5 heteroatoms. The van der Waals surface area contributed by atoms with E-state index < -0.39 is 0 Å². The molecule has 0 bridgehead atoms. The molecule has 0 aliphatic carbocycles. The fourth-order valence-electron chi connectivity index (χ4n) is 2.48. The maximum absolute atomic E-state index is 5.86. The number of anilines is 2. The number of aromatic nitrogens is 1. The van der Waals surface area contributed by atoms with Crippen LogP contribution in [-0.4, -0.2) is 9.97 Å². The highest BCUT2D eigenvalue weighted by Crippen LogP contribution is 2.30. The van der Waals surface area contributed by atoms with Gasteiger partial charge in [0.25, 0.3) is 0 Å². The van der Waals surface area contributed by atoms with Gasteiger partial charge in [-0.25, -0.2) is 0 Å². The van der Waals surface area contributed by atoms with Gasteiger partial charge >= 0.3 is 0 Å². The molecule has 0 aliphatic heterocycles. The van der Waals surface area contributed by atoms with E-state index in [-0.39, 0.29) is 0 Å². The van der Waals surface area contributed by atoms with E-state index in [1.165, 1.54) is 0 Å². The molecule has 110 valence electrons. The molecule has 0 atom stereocenters. The van der Waals surface area contributed by atoms with Gasteiger partial charge in [0.05, 0.1) is 11.3 Å². The minimum atomic E-state index is 0.356. The fraction of sp³-hybridized carbons (Fsp3) is 0.250. The number of rotatable bonds is 3. The zero-order valence-corrected chi connectivity index (χ0v) is 14.9. The molecule has 3 nitrogen and oxygen atoms in total. The molecule has 0 spiro atoms. The van der Waals surface area contributed by atoms with Gasteiger partial charge in [0, 0.05) is 21.5 Å². The molecule has 0 radical (unpaired) electrons. The number of thiocarbonyl (C=S) groups is 1. The van der Waals surface area contributed by atoms with E-state index in [1.807, 2.05) is 19.9 Å². The van der Waals surface area contributed by atoms with Gasteiger partial charge in [-0.2, -0.15) is 0 Å². The van der Waals surface area contributed by atoms with Crippen LogP contribution in [0.25, 0.3) is 0 Å². The second-order valence-electron chi connectivity index (χ2n) is 5.18. The first-order chi connectivity index (χ1) is 9.79. The van der Waals surface area contributed by atoms with Crippen molar-refractivity contribution >= 4 is 44.5 Å². The smallest absolute Gasteiger partial charge is 0.107 e. The van der Waals surface area contributed by atoms with Gasteiger partial charge in [-0.3, -0.25) is 4.98 Å². The monoisotopic (exact) mass is 363 g/mol. The Morgan fingerprint density at radius 3 is 2.24 bits per heavy atom. The van der Waals surface area contributed by atoms with E-state index in [9.17, 15) is 0 Å². The van der Waals surface area contributed by atoms with Gasteiger partial charge in [-0.15, -0.1) is 0 Å². The Bertz CT molecular complexity index is 703. The zero-order chi connectivity index (χ0) is 15.7. The molecular formula is C16H18BrN3S. The Balaban J connectivity index is 2.57. The summed E-state index contributed by atoms with van der Waals surface area (Å²) in [5.74, 6) is 0. The molecule has 3 N–H and O–H groups in total. The molecule has 0 amide bonds. The topological polar surface area (TPSA) is 50.9 Å². The molecule has 0 aliphatic rings. The first-order valence-electron chi connectivity index (χ1n) is 6.61. The third-order valence-corrected chi connectivity index (χ3v) is 3.99. The average molecular weight is 364 g/mol. The van der Waals surface area contributed by atoms with Crippen LogP contribution in [0.2, 0.25) is 0 Å². The number of halogens is 1. The third-order valence-electron chi connectivity index (χ3n) is 3.33.